The molecule has 0 saturated carbocycles. The molecular formula is C37H42O2Si. The summed E-state index contributed by atoms with van der Waals surface area (Å²) in [7, 11) is -2.57. The first-order valence-corrected chi connectivity index (χ1v) is 16.5. The predicted molar refractivity (Wildman–Crippen MR) is 170 cm³/mol. The van der Waals surface area contributed by atoms with Gasteiger partial charge in [-0.2, -0.15) is 0 Å². The minimum absolute atomic E-state index is 0.0331. The van der Waals surface area contributed by atoms with Crippen LogP contribution < -0.4 is 10.4 Å². The Morgan fingerprint density at radius 1 is 0.725 bits per heavy atom. The van der Waals surface area contributed by atoms with Gasteiger partial charge in [0.25, 0.3) is 8.32 Å². The molecular weight excluding hydrogens is 504 g/mol. The lowest BCUT2D eigenvalue weighted by Crippen LogP contribution is -2.66. The molecule has 4 aromatic carbocycles. The number of hydrogen-bond donors (Lipinski definition) is 0. The first-order chi connectivity index (χ1) is 19.5. The van der Waals surface area contributed by atoms with Crippen LogP contribution in [-0.2, 0) is 15.6 Å². The summed E-state index contributed by atoms with van der Waals surface area (Å²) in [4.78, 5) is 0. The second-order valence-corrected chi connectivity index (χ2v) is 16.2. The second kappa shape index (κ2) is 12.9. The normalized spacial score (nSPS) is 19.0. The third kappa shape index (κ3) is 6.55. The maximum atomic E-state index is 7.20. The molecule has 3 heteroatoms. The van der Waals surface area contributed by atoms with Gasteiger partial charge in [-0.05, 0) is 52.2 Å². The molecule has 0 spiro atoms. The van der Waals surface area contributed by atoms with Crippen LogP contribution in [0.3, 0.4) is 0 Å². The Kier molecular flexibility index (Phi) is 9.16. The molecule has 1 heterocycles. The lowest BCUT2D eigenvalue weighted by atomic mass is 9.91. The molecule has 0 unspecified atom stereocenters. The van der Waals surface area contributed by atoms with E-state index < -0.39 is 8.32 Å². The van der Waals surface area contributed by atoms with E-state index in [0.717, 1.165) is 25.7 Å². The van der Waals surface area contributed by atoms with E-state index >= 15 is 0 Å². The van der Waals surface area contributed by atoms with E-state index in [9.17, 15) is 0 Å². The molecule has 0 bridgehead atoms. The maximum absolute atomic E-state index is 7.20. The van der Waals surface area contributed by atoms with Crippen molar-refractivity contribution < 1.29 is 9.16 Å². The van der Waals surface area contributed by atoms with Crippen molar-refractivity contribution >= 4 is 18.7 Å². The van der Waals surface area contributed by atoms with Crippen molar-refractivity contribution in [1.29, 1.82) is 0 Å². The summed E-state index contributed by atoms with van der Waals surface area (Å²) in [5.41, 5.74) is 4.07. The molecule has 2 nitrogen and oxygen atoms in total. The van der Waals surface area contributed by atoms with Crippen LogP contribution >= 0.6 is 0 Å². The third-order valence-electron chi connectivity index (χ3n) is 8.15. The molecule has 40 heavy (non-hydrogen) atoms. The molecule has 1 saturated heterocycles. The van der Waals surface area contributed by atoms with Crippen molar-refractivity contribution in [2.24, 2.45) is 0 Å². The number of ether oxygens (including phenoxy) is 1. The Morgan fingerprint density at radius 3 is 1.80 bits per heavy atom. The molecule has 2 atom stereocenters. The summed E-state index contributed by atoms with van der Waals surface area (Å²) in [6.45, 7) is 7.62. The highest BCUT2D eigenvalue weighted by Gasteiger charge is 2.50. The number of hydrogen-bond acceptors (Lipinski definition) is 2. The summed E-state index contributed by atoms with van der Waals surface area (Å²) in [5.74, 6) is 0. The van der Waals surface area contributed by atoms with Gasteiger partial charge in [-0.15, -0.1) is 0 Å². The molecule has 4 aromatic rings. The van der Waals surface area contributed by atoms with Gasteiger partial charge < -0.3 is 9.16 Å². The van der Waals surface area contributed by atoms with E-state index in [1.165, 1.54) is 27.1 Å². The van der Waals surface area contributed by atoms with E-state index in [0.29, 0.717) is 6.61 Å². The van der Waals surface area contributed by atoms with E-state index in [2.05, 4.69) is 148 Å². The Morgan fingerprint density at radius 2 is 1.25 bits per heavy atom. The molecule has 0 aromatic heterocycles. The first kappa shape index (κ1) is 28.3. The largest absolute Gasteiger partial charge is 0.404 e. The van der Waals surface area contributed by atoms with Crippen LogP contribution in [0.15, 0.2) is 133 Å². The van der Waals surface area contributed by atoms with Gasteiger partial charge >= 0.3 is 0 Å². The number of aryl methyl sites for hydroxylation is 1. The lowest BCUT2D eigenvalue weighted by molar-refractivity contribution is -0.0365. The van der Waals surface area contributed by atoms with Crippen LogP contribution in [-0.4, -0.2) is 21.0 Å². The first-order valence-electron chi connectivity index (χ1n) is 14.6. The smallest absolute Gasteiger partial charge is 0.261 e. The van der Waals surface area contributed by atoms with E-state index in [1.54, 1.807) is 0 Å². The molecule has 1 aliphatic heterocycles. The van der Waals surface area contributed by atoms with Gasteiger partial charge in [0.05, 0.1) is 18.8 Å². The highest BCUT2D eigenvalue weighted by molar-refractivity contribution is 6.99. The summed E-state index contributed by atoms with van der Waals surface area (Å²) >= 11 is 0. The average molecular weight is 547 g/mol. The maximum Gasteiger partial charge on any atom is 0.261 e. The lowest BCUT2D eigenvalue weighted by Gasteiger charge is -2.43. The van der Waals surface area contributed by atoms with Crippen molar-refractivity contribution in [2.75, 3.05) is 6.61 Å². The molecule has 5 rings (SSSR count). The van der Waals surface area contributed by atoms with E-state index in [1.807, 2.05) is 0 Å². The molecule has 1 aliphatic rings. The van der Waals surface area contributed by atoms with Gasteiger partial charge in [0, 0.05) is 0 Å². The van der Waals surface area contributed by atoms with Crippen molar-refractivity contribution in [3.05, 3.63) is 144 Å². The van der Waals surface area contributed by atoms with Crippen LogP contribution in [0.1, 0.15) is 57.3 Å². The molecule has 0 aliphatic carbocycles. The predicted octanol–water partition coefficient (Wildman–Crippen LogP) is 8.04. The van der Waals surface area contributed by atoms with Crippen LogP contribution in [0, 0.1) is 0 Å². The second-order valence-electron chi connectivity index (χ2n) is 11.9. The van der Waals surface area contributed by atoms with Crippen LogP contribution in [0.25, 0.3) is 0 Å². The Hall–Kier alpha value is -3.24. The third-order valence-corrected chi connectivity index (χ3v) is 13.2. The van der Waals surface area contributed by atoms with Crippen LogP contribution in [0.5, 0.6) is 0 Å². The Balaban J connectivity index is 1.41. The van der Waals surface area contributed by atoms with Crippen molar-refractivity contribution in [3.8, 4) is 0 Å². The quantitative estimate of drug-likeness (QED) is 0.156. The SMILES string of the molecule is CC(C)(C)[Si](OC/C=C1\C[C@@H](CCc2ccccc2)O[C@@H](c2ccccc2)C1)(c1ccccc1)c1ccccc1. The van der Waals surface area contributed by atoms with Crippen LogP contribution in [0.2, 0.25) is 5.04 Å². The Bertz CT molecular complexity index is 1310. The topological polar surface area (TPSA) is 18.5 Å². The zero-order valence-electron chi connectivity index (χ0n) is 24.1. The summed E-state index contributed by atoms with van der Waals surface area (Å²) < 4.78 is 13.9. The van der Waals surface area contributed by atoms with Crippen molar-refractivity contribution in [3.63, 3.8) is 0 Å². The summed E-state index contributed by atoms with van der Waals surface area (Å²) in [5, 5.41) is 2.61. The molecule has 0 radical (unpaired) electrons. The number of rotatable bonds is 9. The highest BCUT2D eigenvalue weighted by atomic mass is 28.4. The molecule has 0 amide bonds. The molecule has 206 valence electrons. The van der Waals surface area contributed by atoms with Gasteiger partial charge in [-0.3, -0.25) is 0 Å². The highest BCUT2D eigenvalue weighted by Crippen LogP contribution is 2.38. The monoisotopic (exact) mass is 546 g/mol. The fourth-order valence-electron chi connectivity index (χ4n) is 6.16. The van der Waals surface area contributed by atoms with E-state index in [4.69, 9.17) is 9.16 Å². The zero-order chi connectivity index (χ0) is 27.8. The fraction of sp³-hybridized carbons (Fsp3) is 0.297. The zero-order valence-corrected chi connectivity index (χ0v) is 25.1. The minimum Gasteiger partial charge on any atom is -0.404 e. The van der Waals surface area contributed by atoms with Gasteiger partial charge in [0.1, 0.15) is 0 Å². The van der Waals surface area contributed by atoms with Gasteiger partial charge in [0.15, 0.2) is 0 Å². The van der Waals surface area contributed by atoms with Gasteiger partial charge in [0.2, 0.25) is 0 Å². The number of benzene rings is 4. The summed E-state index contributed by atoms with van der Waals surface area (Å²) in [6.07, 6.45) is 6.55. The fourth-order valence-corrected chi connectivity index (χ4v) is 10.7. The standard InChI is InChI=1S/C37H42O2Si/c1-37(2,3)40(34-20-12-6-13-21-34,35-22-14-7-15-23-35)38-27-26-31-28-33(25-24-30-16-8-4-9-17-30)39-36(29-31)32-18-10-5-11-19-32/h4-23,26,33,36H,24-25,27-29H2,1-3H3/b31-26+/t33-,36-/m1/s1. The van der Waals surface area contributed by atoms with Gasteiger partial charge in [-0.1, -0.05) is 154 Å². The van der Waals surface area contributed by atoms with Crippen LogP contribution in [0.4, 0.5) is 0 Å². The Labute approximate surface area is 241 Å². The molecule has 0 N–H and O–H groups in total. The summed E-state index contributed by atoms with van der Waals surface area (Å²) in [6, 6.07) is 43.3. The average Bonchev–Trinajstić information content (AvgIpc) is 2.99. The molecule has 1 fully saturated rings. The van der Waals surface area contributed by atoms with E-state index in [-0.39, 0.29) is 17.2 Å². The van der Waals surface area contributed by atoms with Gasteiger partial charge in [-0.25, -0.2) is 0 Å². The minimum atomic E-state index is -2.57. The van der Waals surface area contributed by atoms with Crippen molar-refractivity contribution in [2.45, 2.75) is 63.7 Å². The van der Waals surface area contributed by atoms with Crippen molar-refractivity contribution in [1.82, 2.24) is 0 Å².